The Labute approximate surface area is 105 Å². The van der Waals surface area contributed by atoms with E-state index in [-0.39, 0.29) is 11.9 Å². The van der Waals surface area contributed by atoms with Crippen LogP contribution in [0.25, 0.3) is 0 Å². The van der Waals surface area contributed by atoms with Crippen molar-refractivity contribution >= 4 is 5.91 Å². The fourth-order valence-electron chi connectivity index (χ4n) is 2.47. The van der Waals surface area contributed by atoms with E-state index in [0.717, 1.165) is 25.9 Å². The first kappa shape index (κ1) is 14.5. The number of rotatable bonds is 5. The number of hydrogen-bond acceptors (Lipinski definition) is 3. The maximum absolute atomic E-state index is 11.9. The second-order valence-electron chi connectivity index (χ2n) is 5.26. The van der Waals surface area contributed by atoms with Gasteiger partial charge in [-0.3, -0.25) is 4.79 Å². The lowest BCUT2D eigenvalue weighted by molar-refractivity contribution is -0.133. The van der Waals surface area contributed by atoms with Crippen molar-refractivity contribution in [1.82, 2.24) is 9.80 Å². The predicted molar refractivity (Wildman–Crippen MR) is 70.8 cm³/mol. The molecule has 1 amide bonds. The molecule has 1 saturated heterocycles. The summed E-state index contributed by atoms with van der Waals surface area (Å²) in [6.45, 7) is 7.52. The fourth-order valence-corrected chi connectivity index (χ4v) is 2.47. The van der Waals surface area contributed by atoms with E-state index in [1.54, 1.807) is 0 Å². The normalized spacial score (nSPS) is 20.2. The van der Waals surface area contributed by atoms with Gasteiger partial charge in [0.15, 0.2) is 0 Å². The summed E-state index contributed by atoms with van der Waals surface area (Å²) in [5.41, 5.74) is 5.67. The summed E-state index contributed by atoms with van der Waals surface area (Å²) in [6.07, 6.45) is 3.87. The molecule has 1 atom stereocenters. The third kappa shape index (κ3) is 4.64. The Bertz CT molecular complexity index is 235. The summed E-state index contributed by atoms with van der Waals surface area (Å²) >= 11 is 0. The summed E-state index contributed by atoms with van der Waals surface area (Å²) in [4.78, 5) is 16.3. The maximum atomic E-state index is 11.9. The number of carbonyl (C=O) groups excluding carboxylic acids is 1. The Morgan fingerprint density at radius 1 is 1.47 bits per heavy atom. The van der Waals surface area contributed by atoms with Gasteiger partial charge in [-0.15, -0.1) is 0 Å². The maximum Gasteiger partial charge on any atom is 0.224 e. The van der Waals surface area contributed by atoms with Gasteiger partial charge in [-0.1, -0.05) is 6.92 Å². The van der Waals surface area contributed by atoms with Crippen LogP contribution in [-0.2, 0) is 4.79 Å². The summed E-state index contributed by atoms with van der Waals surface area (Å²) in [5.74, 6) is 0.189. The van der Waals surface area contributed by atoms with Gasteiger partial charge in [0, 0.05) is 38.6 Å². The summed E-state index contributed by atoms with van der Waals surface area (Å²) in [5, 5.41) is 0. The largest absolute Gasteiger partial charge is 0.343 e. The Hall–Kier alpha value is -0.610. The van der Waals surface area contributed by atoms with E-state index < -0.39 is 0 Å². The van der Waals surface area contributed by atoms with E-state index in [1.807, 2.05) is 18.9 Å². The fraction of sp³-hybridized carbons (Fsp3) is 0.923. The lowest BCUT2D eigenvalue weighted by atomic mass is 10.0. The number of likely N-dealkylation sites (tertiary alicyclic amines) is 1. The number of piperidine rings is 1. The van der Waals surface area contributed by atoms with Crippen LogP contribution in [0.1, 0.15) is 39.5 Å². The smallest absolute Gasteiger partial charge is 0.224 e. The summed E-state index contributed by atoms with van der Waals surface area (Å²) < 4.78 is 0. The van der Waals surface area contributed by atoms with Crippen molar-refractivity contribution in [2.75, 3.05) is 26.7 Å². The van der Waals surface area contributed by atoms with E-state index in [4.69, 9.17) is 5.73 Å². The third-order valence-corrected chi connectivity index (χ3v) is 3.53. The van der Waals surface area contributed by atoms with Gasteiger partial charge < -0.3 is 15.5 Å². The van der Waals surface area contributed by atoms with Gasteiger partial charge in [-0.05, 0) is 32.7 Å². The average Bonchev–Trinajstić information content (AvgIpc) is 2.28. The van der Waals surface area contributed by atoms with Crippen LogP contribution in [0, 0.1) is 0 Å². The minimum atomic E-state index is -0.0369. The molecule has 0 saturated carbocycles. The van der Waals surface area contributed by atoms with Crippen molar-refractivity contribution in [2.24, 2.45) is 5.73 Å². The van der Waals surface area contributed by atoms with Gasteiger partial charge in [-0.2, -0.15) is 0 Å². The van der Waals surface area contributed by atoms with Gasteiger partial charge in [-0.25, -0.2) is 0 Å². The molecule has 1 aliphatic rings. The molecule has 4 heteroatoms. The van der Waals surface area contributed by atoms with Gasteiger partial charge >= 0.3 is 0 Å². The monoisotopic (exact) mass is 241 g/mol. The SMILES string of the molecule is CCCN1CCC(N(C)C(=O)CC(C)N)CC1. The van der Waals surface area contributed by atoms with Gasteiger partial charge in [0.25, 0.3) is 0 Å². The van der Waals surface area contributed by atoms with Gasteiger partial charge in [0.05, 0.1) is 0 Å². The number of nitrogens with zero attached hydrogens (tertiary/aromatic N) is 2. The Kier molecular flexibility index (Phi) is 5.92. The molecule has 0 aromatic rings. The topological polar surface area (TPSA) is 49.6 Å². The van der Waals surface area contributed by atoms with Crippen LogP contribution >= 0.6 is 0 Å². The second kappa shape index (κ2) is 6.97. The van der Waals surface area contributed by atoms with Gasteiger partial charge in [0.2, 0.25) is 5.91 Å². The number of carbonyl (C=O) groups is 1. The average molecular weight is 241 g/mol. The van der Waals surface area contributed by atoms with E-state index in [1.165, 1.54) is 13.0 Å². The minimum absolute atomic E-state index is 0.0369. The second-order valence-corrected chi connectivity index (χ2v) is 5.26. The van der Waals surface area contributed by atoms with Crippen LogP contribution < -0.4 is 5.73 Å². The van der Waals surface area contributed by atoms with Crippen molar-refractivity contribution < 1.29 is 4.79 Å². The Balaban J connectivity index is 2.35. The molecule has 2 N–H and O–H groups in total. The molecule has 0 bridgehead atoms. The zero-order valence-electron chi connectivity index (χ0n) is 11.5. The van der Waals surface area contributed by atoms with Crippen molar-refractivity contribution in [3.05, 3.63) is 0 Å². The van der Waals surface area contributed by atoms with Gasteiger partial charge in [0.1, 0.15) is 0 Å². The summed E-state index contributed by atoms with van der Waals surface area (Å²) in [6, 6.07) is 0.375. The van der Waals surface area contributed by atoms with Crippen molar-refractivity contribution in [3.63, 3.8) is 0 Å². The van der Waals surface area contributed by atoms with Crippen LogP contribution in [0.4, 0.5) is 0 Å². The molecular weight excluding hydrogens is 214 g/mol. The molecule has 0 radical (unpaired) electrons. The van der Waals surface area contributed by atoms with E-state index in [0.29, 0.717) is 12.5 Å². The van der Waals surface area contributed by atoms with Crippen LogP contribution in [0.3, 0.4) is 0 Å². The first-order valence-electron chi connectivity index (χ1n) is 6.78. The summed E-state index contributed by atoms with van der Waals surface area (Å²) in [7, 11) is 1.92. The molecule has 0 spiro atoms. The lowest BCUT2D eigenvalue weighted by Gasteiger charge is -2.36. The van der Waals surface area contributed by atoms with E-state index in [9.17, 15) is 4.79 Å². The molecule has 1 aliphatic heterocycles. The van der Waals surface area contributed by atoms with Crippen LogP contribution in [0.15, 0.2) is 0 Å². The zero-order chi connectivity index (χ0) is 12.8. The molecule has 1 unspecified atom stereocenters. The quantitative estimate of drug-likeness (QED) is 0.783. The number of nitrogens with two attached hydrogens (primary N) is 1. The van der Waals surface area contributed by atoms with E-state index >= 15 is 0 Å². The molecule has 100 valence electrons. The molecule has 17 heavy (non-hydrogen) atoms. The van der Waals surface area contributed by atoms with Crippen LogP contribution in [-0.4, -0.2) is 54.5 Å². The third-order valence-electron chi connectivity index (χ3n) is 3.53. The van der Waals surface area contributed by atoms with Crippen molar-refractivity contribution in [1.29, 1.82) is 0 Å². The molecule has 0 aliphatic carbocycles. The van der Waals surface area contributed by atoms with Crippen LogP contribution in [0.5, 0.6) is 0 Å². The molecule has 1 heterocycles. The molecule has 0 aromatic heterocycles. The number of amides is 1. The van der Waals surface area contributed by atoms with E-state index in [2.05, 4.69) is 11.8 Å². The Morgan fingerprint density at radius 3 is 2.53 bits per heavy atom. The van der Waals surface area contributed by atoms with Crippen molar-refractivity contribution in [3.8, 4) is 0 Å². The molecule has 1 fully saturated rings. The highest BCUT2D eigenvalue weighted by molar-refractivity contribution is 5.76. The molecule has 1 rings (SSSR count). The lowest BCUT2D eigenvalue weighted by Crippen LogP contribution is -2.46. The standard InChI is InChI=1S/C13H27N3O/c1-4-7-16-8-5-12(6-9-16)15(3)13(17)10-11(2)14/h11-12H,4-10,14H2,1-3H3. The first-order chi connectivity index (χ1) is 8.04. The van der Waals surface area contributed by atoms with Crippen molar-refractivity contribution in [2.45, 2.75) is 51.6 Å². The minimum Gasteiger partial charge on any atom is -0.343 e. The molecule has 4 nitrogen and oxygen atoms in total. The predicted octanol–water partition coefficient (Wildman–Crippen LogP) is 1.06. The highest BCUT2D eigenvalue weighted by Gasteiger charge is 2.25. The Morgan fingerprint density at radius 2 is 2.06 bits per heavy atom. The van der Waals surface area contributed by atoms with Crippen LogP contribution in [0.2, 0.25) is 0 Å². The molecule has 0 aromatic carbocycles. The molecular formula is C13H27N3O. The highest BCUT2D eigenvalue weighted by atomic mass is 16.2. The highest BCUT2D eigenvalue weighted by Crippen LogP contribution is 2.16. The zero-order valence-corrected chi connectivity index (χ0v) is 11.5. The number of hydrogen-bond donors (Lipinski definition) is 1. The first-order valence-corrected chi connectivity index (χ1v) is 6.78.